The van der Waals surface area contributed by atoms with E-state index in [9.17, 15) is 19.2 Å². The molecule has 0 atom stereocenters. The average Bonchev–Trinajstić information content (AvgIpc) is 2.89. The predicted octanol–water partition coefficient (Wildman–Crippen LogP) is 4.24. The lowest BCUT2D eigenvalue weighted by atomic mass is 10.2. The van der Waals surface area contributed by atoms with Crippen molar-refractivity contribution in [1.29, 1.82) is 0 Å². The molecule has 0 saturated carbocycles. The zero-order valence-corrected chi connectivity index (χ0v) is 19.3. The fourth-order valence-corrected chi connectivity index (χ4v) is 3.31. The third kappa shape index (κ3) is 5.95. The molecule has 0 aliphatic heterocycles. The van der Waals surface area contributed by atoms with Gasteiger partial charge in [0.2, 0.25) is 5.76 Å². The Hall–Kier alpha value is -4.92. The summed E-state index contributed by atoms with van der Waals surface area (Å²) in [6.07, 6.45) is 0. The van der Waals surface area contributed by atoms with Crippen molar-refractivity contribution in [3.8, 4) is 5.75 Å². The van der Waals surface area contributed by atoms with Crippen LogP contribution in [0.4, 0.5) is 11.4 Å². The number of amides is 2. The largest absolute Gasteiger partial charge is 0.494 e. The van der Waals surface area contributed by atoms with E-state index >= 15 is 0 Å². The Morgan fingerprint density at radius 1 is 0.861 bits per heavy atom. The second-order valence-electron chi connectivity index (χ2n) is 7.58. The Morgan fingerprint density at radius 2 is 1.53 bits per heavy atom. The fraction of sp³-hybridized carbons (Fsp3) is 0.111. The van der Waals surface area contributed by atoms with Crippen LogP contribution in [0.2, 0.25) is 0 Å². The van der Waals surface area contributed by atoms with Crippen LogP contribution in [0.25, 0.3) is 11.0 Å². The molecule has 2 amide bonds. The summed E-state index contributed by atoms with van der Waals surface area (Å²) >= 11 is 0. The highest BCUT2D eigenvalue weighted by Crippen LogP contribution is 2.17. The van der Waals surface area contributed by atoms with Crippen LogP contribution in [0.3, 0.4) is 0 Å². The molecular weight excluding hydrogens is 464 g/mol. The number of hydrogen-bond donors (Lipinski definition) is 2. The van der Waals surface area contributed by atoms with Crippen molar-refractivity contribution in [2.75, 3.05) is 23.8 Å². The molecule has 0 fully saturated rings. The number of esters is 1. The zero-order valence-electron chi connectivity index (χ0n) is 19.3. The maximum Gasteiger partial charge on any atom is 0.374 e. The highest BCUT2D eigenvalue weighted by molar-refractivity contribution is 6.04. The molecule has 0 radical (unpaired) electrons. The number of nitrogens with one attached hydrogen (secondary N) is 2. The van der Waals surface area contributed by atoms with E-state index < -0.39 is 18.5 Å². The van der Waals surface area contributed by atoms with Gasteiger partial charge in [-0.3, -0.25) is 14.4 Å². The lowest BCUT2D eigenvalue weighted by Crippen LogP contribution is -2.21. The first-order chi connectivity index (χ1) is 17.4. The van der Waals surface area contributed by atoms with E-state index in [1.165, 1.54) is 0 Å². The van der Waals surface area contributed by atoms with E-state index in [-0.39, 0.29) is 22.7 Å². The number of hydrogen-bond acceptors (Lipinski definition) is 7. The van der Waals surface area contributed by atoms with Gasteiger partial charge in [0, 0.05) is 23.0 Å². The van der Waals surface area contributed by atoms with Crippen LogP contribution in [0.15, 0.2) is 88.1 Å². The Labute approximate surface area is 205 Å². The highest BCUT2D eigenvalue weighted by Gasteiger charge is 2.16. The van der Waals surface area contributed by atoms with Crippen molar-refractivity contribution < 1.29 is 28.3 Å². The quantitative estimate of drug-likeness (QED) is 0.357. The van der Waals surface area contributed by atoms with Gasteiger partial charge in [-0.05, 0) is 67.6 Å². The molecule has 2 N–H and O–H groups in total. The Balaban J connectivity index is 1.29. The van der Waals surface area contributed by atoms with Crippen molar-refractivity contribution in [3.63, 3.8) is 0 Å². The molecule has 9 heteroatoms. The SMILES string of the molecule is CCOc1ccc(NC(=O)c2ccc(NC(=O)COC(=O)c3cc(=O)c4ccccc4o3)cc2)cc1. The number of carbonyl (C=O) groups is 3. The lowest BCUT2D eigenvalue weighted by Gasteiger charge is -2.09. The van der Waals surface area contributed by atoms with Crippen molar-refractivity contribution in [2.45, 2.75) is 6.92 Å². The lowest BCUT2D eigenvalue weighted by molar-refractivity contribution is -0.119. The third-order valence-corrected chi connectivity index (χ3v) is 5.02. The van der Waals surface area contributed by atoms with Gasteiger partial charge in [0.25, 0.3) is 11.8 Å². The zero-order chi connectivity index (χ0) is 25.5. The first kappa shape index (κ1) is 24.2. The number of fused-ring (bicyclic) bond motifs is 1. The van der Waals surface area contributed by atoms with Crippen molar-refractivity contribution in [1.82, 2.24) is 0 Å². The highest BCUT2D eigenvalue weighted by atomic mass is 16.5. The smallest absolute Gasteiger partial charge is 0.374 e. The van der Waals surface area contributed by atoms with E-state index in [1.807, 2.05) is 6.92 Å². The molecule has 3 aromatic carbocycles. The van der Waals surface area contributed by atoms with E-state index in [2.05, 4.69) is 10.6 Å². The molecule has 4 rings (SSSR count). The maximum absolute atomic E-state index is 12.5. The van der Waals surface area contributed by atoms with Gasteiger partial charge in [-0.15, -0.1) is 0 Å². The standard InChI is InChI=1S/C27H22N2O7/c1-2-34-20-13-11-19(12-14-20)29-26(32)17-7-9-18(10-8-17)28-25(31)16-35-27(33)24-15-22(30)21-5-3-4-6-23(21)36-24/h3-15H,2,16H2,1H3,(H,28,31)(H,29,32). The van der Waals surface area contributed by atoms with Gasteiger partial charge in [0.1, 0.15) is 11.3 Å². The molecule has 0 saturated heterocycles. The molecule has 1 heterocycles. The number of anilines is 2. The molecule has 36 heavy (non-hydrogen) atoms. The van der Waals surface area contributed by atoms with Gasteiger partial charge in [-0.25, -0.2) is 4.79 Å². The van der Waals surface area contributed by atoms with Crippen LogP contribution in [-0.2, 0) is 9.53 Å². The molecule has 0 unspecified atom stereocenters. The minimum atomic E-state index is -0.936. The normalized spacial score (nSPS) is 10.5. The summed E-state index contributed by atoms with van der Waals surface area (Å²) in [6.45, 7) is 1.86. The topological polar surface area (TPSA) is 124 Å². The first-order valence-electron chi connectivity index (χ1n) is 11.1. The minimum Gasteiger partial charge on any atom is -0.494 e. The maximum atomic E-state index is 12.5. The van der Waals surface area contributed by atoms with Gasteiger partial charge in [0.15, 0.2) is 12.0 Å². The van der Waals surface area contributed by atoms with Gasteiger partial charge in [-0.1, -0.05) is 12.1 Å². The number of rotatable bonds is 8. The minimum absolute atomic E-state index is 0.244. The fourth-order valence-electron chi connectivity index (χ4n) is 3.31. The molecule has 9 nitrogen and oxygen atoms in total. The van der Waals surface area contributed by atoms with Crippen molar-refractivity contribution in [2.24, 2.45) is 0 Å². The molecule has 4 aromatic rings. The van der Waals surface area contributed by atoms with E-state index in [0.717, 1.165) is 6.07 Å². The molecule has 1 aromatic heterocycles. The number of ether oxygens (including phenoxy) is 2. The van der Waals surface area contributed by atoms with Crippen LogP contribution in [0.1, 0.15) is 27.8 Å². The van der Waals surface area contributed by atoms with E-state index in [1.54, 1.807) is 72.8 Å². The van der Waals surface area contributed by atoms with Gasteiger partial charge >= 0.3 is 5.97 Å². The first-order valence-corrected chi connectivity index (χ1v) is 11.1. The van der Waals surface area contributed by atoms with E-state index in [4.69, 9.17) is 13.9 Å². The Morgan fingerprint density at radius 3 is 2.25 bits per heavy atom. The summed E-state index contributed by atoms with van der Waals surface area (Å²) in [5.41, 5.74) is 1.27. The van der Waals surface area contributed by atoms with Gasteiger partial charge in [0.05, 0.1) is 12.0 Å². The number of benzene rings is 3. The molecule has 182 valence electrons. The summed E-state index contributed by atoms with van der Waals surface area (Å²) in [6, 6.07) is 20.7. The monoisotopic (exact) mass is 486 g/mol. The van der Waals surface area contributed by atoms with Crippen LogP contribution in [0.5, 0.6) is 5.75 Å². The van der Waals surface area contributed by atoms with E-state index in [0.29, 0.717) is 34.7 Å². The molecule has 0 aliphatic carbocycles. The van der Waals surface area contributed by atoms with Crippen molar-refractivity contribution >= 4 is 40.1 Å². The predicted molar refractivity (Wildman–Crippen MR) is 133 cm³/mol. The molecule has 0 aliphatic rings. The Kier molecular flexibility index (Phi) is 7.40. The second-order valence-corrected chi connectivity index (χ2v) is 7.58. The summed E-state index contributed by atoms with van der Waals surface area (Å²) in [5, 5.41) is 5.69. The summed E-state index contributed by atoms with van der Waals surface area (Å²) in [5.74, 6) is -1.44. The van der Waals surface area contributed by atoms with Crippen LogP contribution < -0.4 is 20.8 Å². The van der Waals surface area contributed by atoms with Gasteiger partial charge in [-0.2, -0.15) is 0 Å². The van der Waals surface area contributed by atoms with Gasteiger partial charge < -0.3 is 24.5 Å². The number of carbonyl (C=O) groups excluding carboxylic acids is 3. The van der Waals surface area contributed by atoms with Crippen LogP contribution >= 0.6 is 0 Å². The molecule has 0 spiro atoms. The summed E-state index contributed by atoms with van der Waals surface area (Å²) < 4.78 is 15.7. The Bertz CT molecular complexity index is 1460. The molecule has 0 bridgehead atoms. The third-order valence-electron chi connectivity index (χ3n) is 5.02. The number of para-hydroxylation sites is 1. The van der Waals surface area contributed by atoms with Crippen LogP contribution in [0, 0.1) is 0 Å². The summed E-state index contributed by atoms with van der Waals surface area (Å²) in [4.78, 5) is 49.0. The van der Waals surface area contributed by atoms with Crippen LogP contribution in [-0.4, -0.2) is 31.0 Å². The van der Waals surface area contributed by atoms with Crippen molar-refractivity contribution in [3.05, 3.63) is 100 Å². The molecular formula is C27H22N2O7. The average molecular weight is 486 g/mol. The summed E-state index contributed by atoms with van der Waals surface area (Å²) in [7, 11) is 0. The second kappa shape index (κ2) is 11.0.